The summed E-state index contributed by atoms with van der Waals surface area (Å²) in [6.45, 7) is 3.36. The zero-order valence-electron chi connectivity index (χ0n) is 17.2. The number of pyridine rings is 1. The van der Waals surface area contributed by atoms with Gasteiger partial charge in [0, 0.05) is 30.5 Å². The molecule has 0 fully saturated rings. The minimum absolute atomic E-state index is 0.266. The van der Waals surface area contributed by atoms with Gasteiger partial charge in [0.05, 0.1) is 14.2 Å². The van der Waals surface area contributed by atoms with Gasteiger partial charge in [-0.15, -0.1) is 0 Å². The number of methoxy groups -OCH3 is 2. The summed E-state index contributed by atoms with van der Waals surface area (Å²) in [5.41, 5.74) is 3.40. The second-order valence-corrected chi connectivity index (χ2v) is 6.75. The molecule has 1 aromatic heterocycles. The first-order valence-corrected chi connectivity index (χ1v) is 9.79. The van der Waals surface area contributed by atoms with E-state index in [1.165, 1.54) is 5.56 Å². The molecule has 3 rings (SSSR count). The van der Waals surface area contributed by atoms with Crippen LogP contribution >= 0.6 is 0 Å². The van der Waals surface area contributed by atoms with Crippen LogP contribution in [0.15, 0.2) is 67.0 Å². The smallest absolute Gasteiger partial charge is 0.161 e. The molecule has 0 aliphatic heterocycles. The van der Waals surface area contributed by atoms with Crippen LogP contribution in [-0.2, 0) is 13.2 Å². The number of nitrogens with one attached hydrogen (secondary N) is 1. The van der Waals surface area contributed by atoms with Gasteiger partial charge in [-0.25, -0.2) is 0 Å². The lowest BCUT2D eigenvalue weighted by Gasteiger charge is -2.19. The van der Waals surface area contributed by atoms with Crippen molar-refractivity contribution in [2.45, 2.75) is 32.5 Å². The summed E-state index contributed by atoms with van der Waals surface area (Å²) in [6, 6.07) is 18.4. The molecule has 0 spiro atoms. The summed E-state index contributed by atoms with van der Waals surface area (Å²) in [5.74, 6) is 2.32. The summed E-state index contributed by atoms with van der Waals surface area (Å²) in [4.78, 5) is 4.13. The third kappa shape index (κ3) is 5.72. The molecule has 0 radical (unpaired) electrons. The van der Waals surface area contributed by atoms with E-state index in [9.17, 15) is 0 Å². The summed E-state index contributed by atoms with van der Waals surface area (Å²) in [5, 5.41) is 3.63. The predicted octanol–water partition coefficient (Wildman–Crippen LogP) is 4.92. The molecule has 0 bridgehead atoms. The number of hydrogen-bond acceptors (Lipinski definition) is 5. The monoisotopic (exact) mass is 392 g/mol. The minimum Gasteiger partial charge on any atom is -0.497 e. The molecule has 3 aromatic rings. The lowest BCUT2D eigenvalue weighted by atomic mass is 10.0. The van der Waals surface area contributed by atoms with E-state index in [2.05, 4.69) is 35.4 Å². The number of aromatic nitrogens is 1. The lowest BCUT2D eigenvalue weighted by Crippen LogP contribution is -2.20. The number of nitrogens with zero attached hydrogens (tertiary/aromatic N) is 1. The molecule has 0 amide bonds. The Morgan fingerprint density at radius 2 is 1.76 bits per heavy atom. The number of hydrogen-bond donors (Lipinski definition) is 1. The van der Waals surface area contributed by atoms with Crippen molar-refractivity contribution in [3.63, 3.8) is 0 Å². The van der Waals surface area contributed by atoms with Gasteiger partial charge in [-0.3, -0.25) is 4.98 Å². The molecule has 152 valence electrons. The Balaban J connectivity index is 1.66. The zero-order valence-corrected chi connectivity index (χ0v) is 17.2. The van der Waals surface area contributed by atoms with Crippen LogP contribution in [0.3, 0.4) is 0 Å². The van der Waals surface area contributed by atoms with E-state index in [0.717, 1.165) is 41.3 Å². The molecular weight excluding hydrogens is 364 g/mol. The fraction of sp³-hybridized carbons (Fsp3) is 0.292. The van der Waals surface area contributed by atoms with E-state index in [4.69, 9.17) is 14.2 Å². The highest BCUT2D eigenvalue weighted by Crippen LogP contribution is 2.29. The number of ether oxygens (including phenoxy) is 3. The topological polar surface area (TPSA) is 52.6 Å². The number of benzene rings is 2. The van der Waals surface area contributed by atoms with Crippen LogP contribution in [0.5, 0.6) is 17.2 Å². The van der Waals surface area contributed by atoms with Crippen molar-refractivity contribution >= 4 is 0 Å². The maximum atomic E-state index is 5.99. The Morgan fingerprint density at radius 3 is 2.41 bits per heavy atom. The van der Waals surface area contributed by atoms with Gasteiger partial charge in [-0.05, 0) is 47.9 Å². The van der Waals surface area contributed by atoms with E-state index < -0.39 is 0 Å². The standard InChI is InChI=1S/C24H28N2O3/c1-4-22(20-8-10-21(27-2)11-9-20)26-16-18-7-12-23(28-3)24(14-18)29-17-19-6-5-13-25-15-19/h5-15,22,26H,4,16-17H2,1-3H3. The second-order valence-electron chi connectivity index (χ2n) is 6.75. The average Bonchev–Trinajstić information content (AvgIpc) is 2.79. The first-order chi connectivity index (χ1) is 14.2. The highest BCUT2D eigenvalue weighted by atomic mass is 16.5. The molecule has 5 nitrogen and oxygen atoms in total. The fourth-order valence-corrected chi connectivity index (χ4v) is 3.16. The van der Waals surface area contributed by atoms with Gasteiger partial charge < -0.3 is 19.5 Å². The number of rotatable bonds is 10. The van der Waals surface area contributed by atoms with E-state index in [1.807, 2.05) is 36.4 Å². The van der Waals surface area contributed by atoms with Gasteiger partial charge in [0.25, 0.3) is 0 Å². The van der Waals surface area contributed by atoms with Gasteiger partial charge in [0.1, 0.15) is 12.4 Å². The largest absolute Gasteiger partial charge is 0.497 e. The van der Waals surface area contributed by atoms with Crippen molar-refractivity contribution in [2.75, 3.05) is 14.2 Å². The summed E-state index contributed by atoms with van der Waals surface area (Å²) < 4.78 is 16.7. The fourth-order valence-electron chi connectivity index (χ4n) is 3.16. The average molecular weight is 392 g/mol. The molecule has 0 saturated heterocycles. The first kappa shape index (κ1) is 20.7. The molecule has 0 saturated carbocycles. The molecule has 1 N–H and O–H groups in total. The molecule has 2 aromatic carbocycles. The van der Waals surface area contributed by atoms with Crippen LogP contribution in [0.1, 0.15) is 36.1 Å². The lowest BCUT2D eigenvalue weighted by molar-refractivity contribution is 0.283. The predicted molar refractivity (Wildman–Crippen MR) is 114 cm³/mol. The van der Waals surface area contributed by atoms with Crippen LogP contribution in [0, 0.1) is 0 Å². The Labute approximate surface area is 172 Å². The Bertz CT molecular complexity index is 882. The van der Waals surface area contributed by atoms with Crippen molar-refractivity contribution in [3.05, 3.63) is 83.7 Å². The molecule has 0 aliphatic rings. The zero-order chi connectivity index (χ0) is 20.5. The first-order valence-electron chi connectivity index (χ1n) is 9.79. The van der Waals surface area contributed by atoms with Crippen LogP contribution in [-0.4, -0.2) is 19.2 Å². The van der Waals surface area contributed by atoms with Crippen LogP contribution in [0.4, 0.5) is 0 Å². The normalized spacial score (nSPS) is 11.7. The van der Waals surface area contributed by atoms with Crippen LogP contribution in [0.25, 0.3) is 0 Å². The highest BCUT2D eigenvalue weighted by Gasteiger charge is 2.11. The van der Waals surface area contributed by atoms with Crippen molar-refractivity contribution < 1.29 is 14.2 Å². The minimum atomic E-state index is 0.266. The van der Waals surface area contributed by atoms with E-state index in [1.54, 1.807) is 26.6 Å². The SMILES string of the molecule is CCC(NCc1ccc(OC)c(OCc2cccnc2)c1)c1ccc(OC)cc1. The van der Waals surface area contributed by atoms with Crippen molar-refractivity contribution in [1.29, 1.82) is 0 Å². The molecule has 1 heterocycles. The molecule has 1 unspecified atom stereocenters. The quantitative estimate of drug-likeness (QED) is 0.531. The molecule has 1 atom stereocenters. The molecule has 0 aliphatic carbocycles. The van der Waals surface area contributed by atoms with Gasteiger partial charge in [0.2, 0.25) is 0 Å². The van der Waals surface area contributed by atoms with Crippen molar-refractivity contribution in [1.82, 2.24) is 10.3 Å². The summed E-state index contributed by atoms with van der Waals surface area (Å²) in [6.07, 6.45) is 4.55. The Morgan fingerprint density at radius 1 is 0.931 bits per heavy atom. The maximum Gasteiger partial charge on any atom is 0.161 e. The highest BCUT2D eigenvalue weighted by molar-refractivity contribution is 5.43. The third-order valence-corrected chi connectivity index (χ3v) is 4.82. The maximum absolute atomic E-state index is 5.99. The van der Waals surface area contributed by atoms with Gasteiger partial charge >= 0.3 is 0 Å². The molecule has 29 heavy (non-hydrogen) atoms. The molecular formula is C24H28N2O3. The van der Waals surface area contributed by atoms with Gasteiger partial charge in [0.15, 0.2) is 11.5 Å². The Kier molecular flexibility index (Phi) is 7.47. The Hall–Kier alpha value is -3.05. The van der Waals surface area contributed by atoms with E-state index >= 15 is 0 Å². The summed E-state index contributed by atoms with van der Waals surface area (Å²) >= 11 is 0. The van der Waals surface area contributed by atoms with Crippen LogP contribution < -0.4 is 19.5 Å². The van der Waals surface area contributed by atoms with Crippen LogP contribution in [0.2, 0.25) is 0 Å². The molecule has 5 heteroatoms. The summed E-state index contributed by atoms with van der Waals surface area (Å²) in [7, 11) is 3.34. The van der Waals surface area contributed by atoms with E-state index in [-0.39, 0.29) is 6.04 Å². The van der Waals surface area contributed by atoms with Crippen molar-refractivity contribution in [2.24, 2.45) is 0 Å². The van der Waals surface area contributed by atoms with Crippen molar-refractivity contribution in [3.8, 4) is 17.2 Å². The van der Waals surface area contributed by atoms with Gasteiger partial charge in [-0.1, -0.05) is 31.2 Å². The third-order valence-electron chi connectivity index (χ3n) is 4.82. The van der Waals surface area contributed by atoms with Gasteiger partial charge in [-0.2, -0.15) is 0 Å². The van der Waals surface area contributed by atoms with E-state index in [0.29, 0.717) is 6.61 Å². The second kappa shape index (κ2) is 10.5.